The van der Waals surface area contributed by atoms with Crippen molar-refractivity contribution in [1.82, 2.24) is 0 Å². The predicted octanol–water partition coefficient (Wildman–Crippen LogP) is 2.76. The third-order valence-corrected chi connectivity index (χ3v) is 4.52. The Morgan fingerprint density at radius 3 is 1.92 bits per heavy atom. The molecule has 0 unspecified atom stereocenters. The van der Waals surface area contributed by atoms with Crippen LogP contribution in [0.2, 0.25) is 0 Å². The van der Waals surface area contributed by atoms with Crippen molar-refractivity contribution in [3.05, 3.63) is 60.2 Å². The number of nitrogens with one attached hydrogen (secondary N) is 1. The van der Waals surface area contributed by atoms with E-state index in [0.717, 1.165) is 22.7 Å². The molecule has 0 spiro atoms. The van der Waals surface area contributed by atoms with Crippen LogP contribution in [-0.4, -0.2) is 26.6 Å². The van der Waals surface area contributed by atoms with Crippen molar-refractivity contribution in [2.24, 2.45) is 0 Å². The number of carbonyl (C=O) groups is 1. The molecule has 0 fully saturated rings. The van der Waals surface area contributed by atoms with E-state index >= 15 is 0 Å². The fourth-order valence-corrected chi connectivity index (χ4v) is 3.35. The Morgan fingerprint density at radius 1 is 1.00 bits per heavy atom. The second-order valence-corrected chi connectivity index (χ2v) is 7.07. The first-order valence-electron chi connectivity index (χ1n) is 7.00. The smallest absolute Gasteiger partial charge is 0.247 e. The Balaban J connectivity index is 2.27. The molecule has 0 saturated heterocycles. The molecule has 24 heavy (non-hydrogen) atoms. The van der Waals surface area contributed by atoms with Gasteiger partial charge in [0, 0.05) is 5.69 Å². The minimum Gasteiger partial charge on any atom is -0.324 e. The van der Waals surface area contributed by atoms with Gasteiger partial charge in [-0.2, -0.15) is 0 Å². The number of nitrogens with zero attached hydrogens (tertiary/aromatic N) is 1. The molecule has 2 rings (SSSR count). The summed E-state index contributed by atoms with van der Waals surface area (Å²) in [7, 11) is -3.78. The van der Waals surface area contributed by atoms with Gasteiger partial charge < -0.3 is 5.32 Å². The Labute approximate surface area is 139 Å². The van der Waals surface area contributed by atoms with E-state index in [1.165, 1.54) is 43.3 Å². The molecule has 0 heterocycles. The molecule has 0 aliphatic rings. The molecule has 1 atom stereocenters. The largest absolute Gasteiger partial charge is 0.324 e. The van der Waals surface area contributed by atoms with Gasteiger partial charge in [0.15, 0.2) is 0 Å². The fourth-order valence-electron chi connectivity index (χ4n) is 2.18. The van der Waals surface area contributed by atoms with Crippen LogP contribution in [0.1, 0.15) is 6.92 Å². The highest BCUT2D eigenvalue weighted by Gasteiger charge is 2.29. The van der Waals surface area contributed by atoms with Crippen LogP contribution in [0, 0.1) is 11.6 Å². The number of rotatable bonds is 5. The number of sulfonamides is 1. The van der Waals surface area contributed by atoms with Gasteiger partial charge in [0.05, 0.1) is 11.9 Å². The molecule has 1 amide bonds. The normalized spacial score (nSPS) is 12.5. The number of anilines is 2. The third kappa shape index (κ3) is 4.29. The molecule has 0 radical (unpaired) electrons. The van der Waals surface area contributed by atoms with E-state index in [1.54, 1.807) is 0 Å². The summed E-state index contributed by atoms with van der Waals surface area (Å²) >= 11 is 0. The molecule has 5 nitrogen and oxygen atoms in total. The molecule has 0 aromatic heterocycles. The van der Waals surface area contributed by atoms with Crippen LogP contribution in [-0.2, 0) is 14.8 Å². The maximum absolute atomic E-state index is 13.0. The molecular formula is C16H16F2N2O3S. The first-order valence-corrected chi connectivity index (χ1v) is 8.85. The lowest BCUT2D eigenvalue weighted by Gasteiger charge is -2.28. The Hall–Kier alpha value is -2.48. The Morgan fingerprint density at radius 2 is 1.46 bits per heavy atom. The maximum Gasteiger partial charge on any atom is 0.247 e. The number of carbonyl (C=O) groups excluding carboxylic acids is 1. The van der Waals surface area contributed by atoms with Gasteiger partial charge in [-0.05, 0) is 55.5 Å². The summed E-state index contributed by atoms with van der Waals surface area (Å²) in [6.45, 7) is 1.41. The van der Waals surface area contributed by atoms with Crippen molar-refractivity contribution < 1.29 is 22.0 Å². The molecule has 0 saturated carbocycles. The van der Waals surface area contributed by atoms with Gasteiger partial charge >= 0.3 is 0 Å². The molecule has 0 aliphatic heterocycles. The standard InChI is InChI=1S/C16H16F2N2O3S/c1-11(16(21)19-14-7-3-12(17)4-8-14)20(24(2,22)23)15-9-5-13(18)6-10-15/h3-11H,1-2H3,(H,19,21)/t11-/m0/s1. The summed E-state index contributed by atoms with van der Waals surface area (Å²) < 4.78 is 51.0. The van der Waals surface area contributed by atoms with Crippen LogP contribution >= 0.6 is 0 Å². The lowest BCUT2D eigenvalue weighted by atomic mass is 10.2. The van der Waals surface area contributed by atoms with Crippen molar-refractivity contribution in [3.63, 3.8) is 0 Å². The van der Waals surface area contributed by atoms with E-state index in [-0.39, 0.29) is 5.69 Å². The van der Waals surface area contributed by atoms with E-state index in [9.17, 15) is 22.0 Å². The van der Waals surface area contributed by atoms with Crippen LogP contribution in [0.4, 0.5) is 20.2 Å². The second-order valence-electron chi connectivity index (χ2n) is 5.21. The quantitative estimate of drug-likeness (QED) is 0.898. The summed E-state index contributed by atoms with van der Waals surface area (Å²) in [4.78, 5) is 12.3. The topological polar surface area (TPSA) is 66.5 Å². The molecule has 128 valence electrons. The lowest BCUT2D eigenvalue weighted by Crippen LogP contribution is -2.45. The average molecular weight is 354 g/mol. The molecule has 2 aromatic rings. The minimum atomic E-state index is -3.78. The number of hydrogen-bond donors (Lipinski definition) is 1. The highest BCUT2D eigenvalue weighted by Crippen LogP contribution is 2.22. The summed E-state index contributed by atoms with van der Waals surface area (Å²) in [5, 5.41) is 2.52. The summed E-state index contributed by atoms with van der Waals surface area (Å²) in [6.07, 6.45) is 0.956. The minimum absolute atomic E-state index is 0.167. The van der Waals surface area contributed by atoms with Crippen LogP contribution in [0.25, 0.3) is 0 Å². The van der Waals surface area contributed by atoms with E-state index < -0.39 is 33.6 Å². The van der Waals surface area contributed by atoms with Crippen molar-refractivity contribution in [2.75, 3.05) is 15.9 Å². The molecule has 1 N–H and O–H groups in total. The Kier molecular flexibility index (Phi) is 5.18. The first-order chi connectivity index (χ1) is 11.2. The van der Waals surface area contributed by atoms with Gasteiger partial charge in [0.2, 0.25) is 15.9 Å². The van der Waals surface area contributed by atoms with Gasteiger partial charge in [-0.3, -0.25) is 9.10 Å². The monoisotopic (exact) mass is 354 g/mol. The molecule has 2 aromatic carbocycles. The number of halogens is 2. The number of amides is 1. The molecule has 0 bridgehead atoms. The zero-order valence-electron chi connectivity index (χ0n) is 13.0. The van der Waals surface area contributed by atoms with Crippen molar-refractivity contribution in [3.8, 4) is 0 Å². The van der Waals surface area contributed by atoms with E-state index in [1.807, 2.05) is 0 Å². The van der Waals surface area contributed by atoms with E-state index in [0.29, 0.717) is 5.69 Å². The van der Waals surface area contributed by atoms with Crippen molar-refractivity contribution >= 4 is 27.3 Å². The summed E-state index contributed by atoms with van der Waals surface area (Å²) in [6, 6.07) is 8.76. The molecule has 0 aliphatic carbocycles. The van der Waals surface area contributed by atoms with Crippen LogP contribution in [0.15, 0.2) is 48.5 Å². The number of hydrogen-bond acceptors (Lipinski definition) is 3. The highest BCUT2D eigenvalue weighted by molar-refractivity contribution is 7.92. The van der Waals surface area contributed by atoms with Crippen molar-refractivity contribution in [1.29, 1.82) is 0 Å². The predicted molar refractivity (Wildman–Crippen MR) is 88.2 cm³/mol. The number of benzene rings is 2. The summed E-state index contributed by atoms with van der Waals surface area (Å²) in [5.74, 6) is -1.57. The highest BCUT2D eigenvalue weighted by atomic mass is 32.2. The molecular weight excluding hydrogens is 338 g/mol. The van der Waals surface area contributed by atoms with Gasteiger partial charge in [0.25, 0.3) is 0 Å². The SMILES string of the molecule is C[C@@H](C(=O)Nc1ccc(F)cc1)N(c1ccc(F)cc1)S(C)(=O)=O. The maximum atomic E-state index is 13.0. The van der Waals surface area contributed by atoms with Gasteiger partial charge in [-0.1, -0.05) is 0 Å². The van der Waals surface area contributed by atoms with Crippen molar-refractivity contribution in [2.45, 2.75) is 13.0 Å². The van der Waals surface area contributed by atoms with E-state index in [4.69, 9.17) is 0 Å². The summed E-state index contributed by atoms with van der Waals surface area (Å²) in [5.41, 5.74) is 0.501. The second kappa shape index (κ2) is 6.96. The third-order valence-electron chi connectivity index (χ3n) is 3.28. The van der Waals surface area contributed by atoms with Gasteiger partial charge in [-0.15, -0.1) is 0 Å². The zero-order chi connectivity index (χ0) is 17.9. The average Bonchev–Trinajstić information content (AvgIpc) is 2.50. The lowest BCUT2D eigenvalue weighted by molar-refractivity contribution is -0.116. The zero-order valence-corrected chi connectivity index (χ0v) is 13.8. The van der Waals surface area contributed by atoms with Crippen LogP contribution in [0.5, 0.6) is 0 Å². The van der Waals surface area contributed by atoms with Crippen LogP contribution in [0.3, 0.4) is 0 Å². The molecule has 8 heteroatoms. The Bertz CT molecular complexity index is 821. The van der Waals surface area contributed by atoms with Crippen LogP contribution < -0.4 is 9.62 Å². The van der Waals surface area contributed by atoms with E-state index in [2.05, 4.69) is 5.32 Å². The van der Waals surface area contributed by atoms with Gasteiger partial charge in [0.1, 0.15) is 17.7 Å². The first kappa shape index (κ1) is 17.9. The van der Waals surface area contributed by atoms with Gasteiger partial charge in [-0.25, -0.2) is 17.2 Å². The fraction of sp³-hybridized carbons (Fsp3) is 0.188.